The molecule has 1 aromatic rings. The molecule has 1 heterocycles. The van der Waals surface area contributed by atoms with Gasteiger partial charge in [-0.2, -0.15) is 0 Å². The molecule has 0 spiro atoms. The van der Waals surface area contributed by atoms with Crippen molar-refractivity contribution in [2.45, 2.75) is 50.5 Å². The molecule has 1 aliphatic rings. The van der Waals surface area contributed by atoms with Crippen molar-refractivity contribution in [1.82, 2.24) is 4.72 Å². The second-order valence-corrected chi connectivity index (χ2v) is 7.69. The molecule has 136 valence electrons. The van der Waals surface area contributed by atoms with Gasteiger partial charge in [0.1, 0.15) is 0 Å². The monoisotopic (exact) mass is 375 g/mol. The van der Waals surface area contributed by atoms with E-state index in [1.165, 1.54) is 6.92 Å². The van der Waals surface area contributed by atoms with Crippen LogP contribution in [-0.4, -0.2) is 33.0 Å². The third kappa shape index (κ3) is 3.91. The largest absolute Gasteiger partial charge is 0.329 e. The molecular weight excluding hydrogens is 350 g/mol. The molecule has 6 nitrogen and oxygen atoms in total. The van der Waals surface area contributed by atoms with Crippen LogP contribution in [0.25, 0.3) is 0 Å². The Balaban J connectivity index is 0.00000288. The number of fused-ring (bicyclic) bond motifs is 1. The lowest BCUT2D eigenvalue weighted by atomic mass is 9.95. The zero-order chi connectivity index (χ0) is 17.3. The van der Waals surface area contributed by atoms with Crippen molar-refractivity contribution in [3.05, 3.63) is 23.8 Å². The third-order valence-corrected chi connectivity index (χ3v) is 6.31. The fraction of sp³-hybridized carbons (Fsp3) is 0.562. The highest BCUT2D eigenvalue weighted by Crippen LogP contribution is 2.31. The van der Waals surface area contributed by atoms with E-state index in [0.717, 1.165) is 12.0 Å². The molecule has 0 saturated carbocycles. The van der Waals surface area contributed by atoms with Gasteiger partial charge < -0.3 is 10.6 Å². The highest BCUT2D eigenvalue weighted by molar-refractivity contribution is 7.89. The number of benzene rings is 1. The number of hydrogen-bond donors (Lipinski definition) is 2. The normalized spacial score (nSPS) is 14.2. The van der Waals surface area contributed by atoms with Crippen molar-refractivity contribution < 1.29 is 13.2 Å². The Morgan fingerprint density at radius 3 is 2.46 bits per heavy atom. The first-order chi connectivity index (χ1) is 10.8. The van der Waals surface area contributed by atoms with Crippen LogP contribution in [0, 0.1) is 0 Å². The van der Waals surface area contributed by atoms with Gasteiger partial charge in [-0.15, -0.1) is 12.4 Å². The number of rotatable bonds is 6. The first-order valence-electron chi connectivity index (χ1n) is 7.93. The molecule has 2 rings (SSSR count). The van der Waals surface area contributed by atoms with E-state index in [-0.39, 0.29) is 29.8 Å². The summed E-state index contributed by atoms with van der Waals surface area (Å²) in [5, 5.41) is 0. The third-order valence-electron chi connectivity index (χ3n) is 4.74. The van der Waals surface area contributed by atoms with Gasteiger partial charge in [0.15, 0.2) is 0 Å². The predicted molar refractivity (Wildman–Crippen MR) is 98.1 cm³/mol. The number of sulfonamides is 1. The van der Waals surface area contributed by atoms with E-state index in [2.05, 4.69) is 4.72 Å². The van der Waals surface area contributed by atoms with Crippen LogP contribution < -0.4 is 15.4 Å². The number of carbonyl (C=O) groups is 1. The maximum Gasteiger partial charge on any atom is 0.241 e. The highest BCUT2D eigenvalue weighted by Gasteiger charge is 2.32. The minimum atomic E-state index is -3.69. The zero-order valence-corrected chi connectivity index (χ0v) is 16.0. The van der Waals surface area contributed by atoms with Gasteiger partial charge in [0.25, 0.3) is 0 Å². The van der Waals surface area contributed by atoms with Crippen LogP contribution >= 0.6 is 12.4 Å². The summed E-state index contributed by atoms with van der Waals surface area (Å²) < 4.78 is 28.2. The fourth-order valence-corrected chi connectivity index (χ4v) is 4.50. The molecule has 1 aromatic carbocycles. The summed E-state index contributed by atoms with van der Waals surface area (Å²) in [6.07, 6.45) is 1.98. The molecule has 1 aliphatic heterocycles. The Morgan fingerprint density at radius 2 is 1.96 bits per heavy atom. The van der Waals surface area contributed by atoms with Gasteiger partial charge in [-0.05, 0) is 37.0 Å². The molecule has 0 fully saturated rings. The van der Waals surface area contributed by atoms with E-state index in [1.54, 1.807) is 23.1 Å². The molecule has 24 heavy (non-hydrogen) atoms. The predicted octanol–water partition coefficient (Wildman–Crippen LogP) is 1.81. The number of halogens is 1. The van der Waals surface area contributed by atoms with Crippen molar-refractivity contribution in [2.24, 2.45) is 5.73 Å². The van der Waals surface area contributed by atoms with Gasteiger partial charge in [0, 0.05) is 31.2 Å². The topological polar surface area (TPSA) is 92.5 Å². The number of nitrogens with one attached hydrogen (secondary N) is 1. The van der Waals surface area contributed by atoms with Crippen LogP contribution in [0.2, 0.25) is 0 Å². The molecule has 0 aromatic heterocycles. The number of nitrogens with zero attached hydrogens (tertiary/aromatic N) is 1. The van der Waals surface area contributed by atoms with Crippen LogP contribution in [0.5, 0.6) is 0 Å². The quantitative estimate of drug-likeness (QED) is 0.793. The summed E-state index contributed by atoms with van der Waals surface area (Å²) in [6.45, 7) is 6.16. The molecule has 0 saturated heterocycles. The summed E-state index contributed by atoms with van der Waals surface area (Å²) in [5.41, 5.74) is 6.83. The number of anilines is 1. The molecule has 0 bridgehead atoms. The Kier molecular flexibility index (Phi) is 6.81. The van der Waals surface area contributed by atoms with Crippen LogP contribution in [0.3, 0.4) is 0 Å². The average molecular weight is 376 g/mol. The minimum Gasteiger partial charge on any atom is -0.329 e. The van der Waals surface area contributed by atoms with Crippen molar-refractivity contribution in [1.29, 1.82) is 0 Å². The first kappa shape index (κ1) is 20.9. The summed E-state index contributed by atoms with van der Waals surface area (Å²) in [7, 11) is -3.69. The van der Waals surface area contributed by atoms with Crippen molar-refractivity contribution in [2.75, 3.05) is 18.0 Å². The lowest BCUT2D eigenvalue weighted by Gasteiger charge is -2.31. The maximum absolute atomic E-state index is 12.7. The lowest BCUT2D eigenvalue weighted by Crippen LogP contribution is -2.52. The van der Waals surface area contributed by atoms with Gasteiger partial charge in [0.2, 0.25) is 15.9 Å². The number of carbonyl (C=O) groups excluding carboxylic acids is 1. The van der Waals surface area contributed by atoms with E-state index in [9.17, 15) is 13.2 Å². The molecular formula is C16H26ClN3O3S. The second kappa shape index (κ2) is 7.82. The Hall–Kier alpha value is -1.15. The van der Waals surface area contributed by atoms with Crippen LogP contribution in [0.1, 0.15) is 39.2 Å². The molecule has 1 amide bonds. The maximum atomic E-state index is 12.7. The van der Waals surface area contributed by atoms with E-state index in [4.69, 9.17) is 5.73 Å². The van der Waals surface area contributed by atoms with Crippen LogP contribution in [-0.2, 0) is 21.2 Å². The number of amides is 1. The fourth-order valence-electron chi connectivity index (χ4n) is 2.92. The lowest BCUT2D eigenvalue weighted by molar-refractivity contribution is -0.116. The average Bonchev–Trinajstić information content (AvgIpc) is 2.96. The van der Waals surface area contributed by atoms with Crippen LogP contribution in [0.4, 0.5) is 5.69 Å². The van der Waals surface area contributed by atoms with Crippen molar-refractivity contribution in [3.8, 4) is 0 Å². The Bertz CT molecular complexity index is 694. The van der Waals surface area contributed by atoms with Gasteiger partial charge in [-0.25, -0.2) is 13.1 Å². The molecule has 0 atom stereocenters. The van der Waals surface area contributed by atoms with Crippen molar-refractivity contribution >= 4 is 34.0 Å². The SMILES string of the molecule is CCC(CC)(CN)NS(=O)(=O)c1ccc2c(c1)N(C(C)=O)CC2.Cl. The molecule has 3 N–H and O–H groups in total. The zero-order valence-electron chi connectivity index (χ0n) is 14.3. The van der Waals surface area contributed by atoms with E-state index in [1.807, 2.05) is 13.8 Å². The van der Waals surface area contributed by atoms with E-state index in [0.29, 0.717) is 25.1 Å². The van der Waals surface area contributed by atoms with Gasteiger partial charge in [-0.1, -0.05) is 19.9 Å². The van der Waals surface area contributed by atoms with Gasteiger partial charge in [0.05, 0.1) is 4.90 Å². The summed E-state index contributed by atoms with van der Waals surface area (Å²) in [6, 6.07) is 4.96. The Labute approximate surface area is 150 Å². The van der Waals surface area contributed by atoms with Crippen molar-refractivity contribution in [3.63, 3.8) is 0 Å². The van der Waals surface area contributed by atoms with E-state index >= 15 is 0 Å². The minimum absolute atomic E-state index is 0. The molecule has 8 heteroatoms. The standard InChI is InChI=1S/C16H25N3O3S.ClH/c1-4-16(5-2,11-17)18-23(21,22)14-7-6-13-8-9-19(12(3)20)15(13)10-14;/h6-7,10,18H,4-5,8-9,11,17H2,1-3H3;1H. The summed E-state index contributed by atoms with van der Waals surface area (Å²) >= 11 is 0. The highest BCUT2D eigenvalue weighted by atomic mass is 35.5. The summed E-state index contributed by atoms with van der Waals surface area (Å²) in [4.78, 5) is 13.5. The summed E-state index contributed by atoms with van der Waals surface area (Å²) in [5.74, 6) is -0.0790. The smallest absolute Gasteiger partial charge is 0.241 e. The van der Waals surface area contributed by atoms with Gasteiger partial charge in [-0.3, -0.25) is 4.79 Å². The van der Waals surface area contributed by atoms with Gasteiger partial charge >= 0.3 is 0 Å². The first-order valence-corrected chi connectivity index (χ1v) is 9.42. The second-order valence-electron chi connectivity index (χ2n) is 6.01. The molecule has 0 unspecified atom stereocenters. The number of nitrogens with two attached hydrogens (primary N) is 1. The van der Waals surface area contributed by atoms with Crippen LogP contribution in [0.15, 0.2) is 23.1 Å². The Morgan fingerprint density at radius 1 is 1.33 bits per heavy atom. The number of hydrogen-bond acceptors (Lipinski definition) is 4. The molecule has 0 aliphatic carbocycles. The van der Waals surface area contributed by atoms with E-state index < -0.39 is 15.6 Å². The molecule has 0 radical (unpaired) electrons.